The molecule has 0 aromatic heterocycles. The normalized spacial score (nSPS) is 11.4. The Hall–Kier alpha value is -0.200. The third-order valence-corrected chi connectivity index (χ3v) is 3.56. The molecule has 0 aliphatic rings. The zero-order chi connectivity index (χ0) is 11.6. The summed E-state index contributed by atoms with van der Waals surface area (Å²) in [6.45, 7) is 0. The number of halogens is 2. The quantitative estimate of drug-likeness (QED) is 0.782. The highest BCUT2D eigenvalue weighted by Crippen LogP contribution is 2.22. The predicted octanol–water partition coefficient (Wildman–Crippen LogP) is 2.44. The first-order valence-electron chi connectivity index (χ1n) is 3.95. The monoisotopic (exact) mass is 354 g/mol. The van der Waals surface area contributed by atoms with Crippen LogP contribution in [0, 0.1) is 0 Å². The van der Waals surface area contributed by atoms with E-state index in [2.05, 4.69) is 31.9 Å². The summed E-state index contributed by atoms with van der Waals surface area (Å²) < 4.78 is 23.3. The Bertz CT molecular complexity index is 494. The smallest absolute Gasteiger partial charge is 0.178 e. The predicted molar refractivity (Wildman–Crippen MR) is 65.9 cm³/mol. The summed E-state index contributed by atoms with van der Waals surface area (Å²) >= 11 is 6.46. The number of hydrogen-bond donors (Lipinski definition) is 0. The summed E-state index contributed by atoms with van der Waals surface area (Å²) in [6.07, 6.45) is 1.04. The molecule has 0 aliphatic carbocycles. The molecular weight excluding hydrogens is 348 g/mol. The Morgan fingerprint density at radius 2 is 1.93 bits per heavy atom. The highest BCUT2D eigenvalue weighted by molar-refractivity contribution is 9.11. The fourth-order valence-electron chi connectivity index (χ4n) is 1.03. The Labute approximate surface area is 105 Å². The third kappa shape index (κ3) is 4.04. The van der Waals surface area contributed by atoms with Crippen LogP contribution in [0.1, 0.15) is 10.4 Å². The van der Waals surface area contributed by atoms with E-state index in [0.29, 0.717) is 10.0 Å². The van der Waals surface area contributed by atoms with E-state index in [1.54, 1.807) is 18.2 Å². The number of carbonyl (C=O) groups is 1. The van der Waals surface area contributed by atoms with Crippen molar-refractivity contribution < 1.29 is 13.2 Å². The standard InChI is InChI=1S/C9H8Br2O3S/c1-15(13,14)5-9(12)7-3-2-6(10)4-8(7)11/h2-4H,5H2,1H3. The van der Waals surface area contributed by atoms with E-state index in [-0.39, 0.29) is 0 Å². The van der Waals surface area contributed by atoms with E-state index in [9.17, 15) is 13.2 Å². The Morgan fingerprint density at radius 1 is 1.33 bits per heavy atom. The molecule has 1 rings (SSSR count). The van der Waals surface area contributed by atoms with Gasteiger partial charge in [-0.15, -0.1) is 0 Å². The van der Waals surface area contributed by atoms with Gasteiger partial charge >= 0.3 is 0 Å². The van der Waals surface area contributed by atoms with Gasteiger partial charge in [0.15, 0.2) is 15.6 Å². The van der Waals surface area contributed by atoms with Crippen LogP contribution in [0.5, 0.6) is 0 Å². The molecule has 0 saturated heterocycles. The third-order valence-electron chi connectivity index (χ3n) is 1.62. The molecule has 1 aromatic rings. The first-order valence-corrected chi connectivity index (χ1v) is 7.60. The van der Waals surface area contributed by atoms with Crippen molar-refractivity contribution in [1.29, 1.82) is 0 Å². The van der Waals surface area contributed by atoms with Crippen molar-refractivity contribution in [2.24, 2.45) is 0 Å². The SMILES string of the molecule is CS(=O)(=O)CC(=O)c1ccc(Br)cc1Br. The number of hydrogen-bond acceptors (Lipinski definition) is 3. The average molecular weight is 356 g/mol. The molecule has 15 heavy (non-hydrogen) atoms. The lowest BCUT2D eigenvalue weighted by Crippen LogP contribution is -2.14. The van der Waals surface area contributed by atoms with Gasteiger partial charge in [0.05, 0.1) is 0 Å². The number of benzene rings is 1. The van der Waals surface area contributed by atoms with Gasteiger partial charge in [0.25, 0.3) is 0 Å². The van der Waals surface area contributed by atoms with Gasteiger partial charge in [-0.05, 0) is 18.2 Å². The zero-order valence-corrected chi connectivity index (χ0v) is 11.8. The second kappa shape index (κ2) is 4.76. The van der Waals surface area contributed by atoms with E-state index in [4.69, 9.17) is 0 Å². The molecule has 0 saturated carbocycles. The summed E-state index contributed by atoms with van der Waals surface area (Å²) in [5, 5.41) is 0. The van der Waals surface area contributed by atoms with Gasteiger partial charge in [-0.1, -0.05) is 31.9 Å². The second-order valence-electron chi connectivity index (χ2n) is 3.12. The molecule has 0 spiro atoms. The average Bonchev–Trinajstić information content (AvgIpc) is 1.99. The van der Waals surface area contributed by atoms with E-state index in [1.807, 2.05) is 0 Å². The maximum atomic E-state index is 11.6. The number of Topliss-reactive ketones (excluding diaryl/α,β-unsaturated/α-hetero) is 1. The fourth-order valence-corrected chi connectivity index (χ4v) is 2.93. The minimum Gasteiger partial charge on any atom is -0.293 e. The molecule has 82 valence electrons. The van der Waals surface area contributed by atoms with Crippen LogP contribution in [-0.2, 0) is 9.84 Å². The maximum Gasteiger partial charge on any atom is 0.178 e. The minimum absolute atomic E-state index is 0.378. The molecule has 0 radical (unpaired) electrons. The van der Waals surface area contributed by atoms with Crippen LogP contribution in [-0.4, -0.2) is 26.2 Å². The number of ketones is 1. The minimum atomic E-state index is -3.28. The summed E-state index contributed by atoms with van der Waals surface area (Å²) in [4.78, 5) is 11.6. The van der Waals surface area contributed by atoms with Crippen LogP contribution in [0.4, 0.5) is 0 Å². The molecule has 0 amide bonds. The highest BCUT2D eigenvalue weighted by Gasteiger charge is 2.15. The van der Waals surface area contributed by atoms with E-state index >= 15 is 0 Å². The van der Waals surface area contributed by atoms with Gasteiger partial charge < -0.3 is 0 Å². The molecule has 0 aliphatic heterocycles. The van der Waals surface area contributed by atoms with Crippen LogP contribution in [0.25, 0.3) is 0 Å². The molecule has 3 nitrogen and oxygen atoms in total. The van der Waals surface area contributed by atoms with Crippen LogP contribution < -0.4 is 0 Å². The van der Waals surface area contributed by atoms with E-state index < -0.39 is 21.4 Å². The maximum absolute atomic E-state index is 11.6. The summed E-state index contributed by atoms with van der Waals surface area (Å²) in [6, 6.07) is 4.98. The topological polar surface area (TPSA) is 51.2 Å². The Balaban J connectivity index is 3.02. The van der Waals surface area contributed by atoms with Crippen LogP contribution in [0.2, 0.25) is 0 Å². The van der Waals surface area contributed by atoms with Gasteiger partial charge in [0, 0.05) is 20.8 Å². The highest BCUT2D eigenvalue weighted by atomic mass is 79.9. The first kappa shape index (κ1) is 12.9. The van der Waals surface area contributed by atoms with Crippen LogP contribution >= 0.6 is 31.9 Å². The van der Waals surface area contributed by atoms with Crippen molar-refractivity contribution in [3.05, 3.63) is 32.7 Å². The van der Waals surface area contributed by atoms with Crippen molar-refractivity contribution in [3.8, 4) is 0 Å². The van der Waals surface area contributed by atoms with Crippen molar-refractivity contribution in [3.63, 3.8) is 0 Å². The van der Waals surface area contributed by atoms with E-state index in [0.717, 1.165) is 10.7 Å². The summed E-state index contributed by atoms with van der Waals surface area (Å²) in [5.41, 5.74) is 0.378. The van der Waals surface area contributed by atoms with Crippen molar-refractivity contribution in [2.75, 3.05) is 12.0 Å². The molecular formula is C9H8Br2O3S. The molecule has 0 fully saturated rings. The van der Waals surface area contributed by atoms with Gasteiger partial charge in [0.1, 0.15) is 5.75 Å². The van der Waals surface area contributed by atoms with Crippen molar-refractivity contribution in [2.45, 2.75) is 0 Å². The molecule has 0 N–H and O–H groups in total. The first-order chi connectivity index (χ1) is 6.79. The fraction of sp³-hybridized carbons (Fsp3) is 0.222. The summed E-state index contributed by atoms with van der Waals surface area (Å²) in [7, 11) is -3.28. The van der Waals surface area contributed by atoms with Gasteiger partial charge in [-0.2, -0.15) is 0 Å². The van der Waals surface area contributed by atoms with Crippen LogP contribution in [0.3, 0.4) is 0 Å². The number of rotatable bonds is 3. The molecule has 0 unspecified atom stereocenters. The van der Waals surface area contributed by atoms with Crippen molar-refractivity contribution in [1.82, 2.24) is 0 Å². The van der Waals surface area contributed by atoms with Gasteiger partial charge in [0.2, 0.25) is 0 Å². The Morgan fingerprint density at radius 3 is 2.40 bits per heavy atom. The van der Waals surface area contributed by atoms with Gasteiger partial charge in [-0.25, -0.2) is 8.42 Å². The number of carbonyl (C=O) groups excluding carboxylic acids is 1. The Kier molecular flexibility index (Phi) is 4.08. The lowest BCUT2D eigenvalue weighted by atomic mass is 10.1. The lowest BCUT2D eigenvalue weighted by Gasteiger charge is -2.03. The summed E-state index contributed by atoms with van der Waals surface area (Å²) in [5.74, 6) is -0.871. The molecule has 0 bridgehead atoms. The molecule has 6 heteroatoms. The molecule has 0 heterocycles. The van der Waals surface area contributed by atoms with E-state index in [1.165, 1.54) is 0 Å². The van der Waals surface area contributed by atoms with Crippen LogP contribution in [0.15, 0.2) is 27.1 Å². The zero-order valence-electron chi connectivity index (χ0n) is 7.83. The molecule has 0 atom stereocenters. The largest absolute Gasteiger partial charge is 0.293 e. The molecule has 1 aromatic carbocycles. The van der Waals surface area contributed by atoms with Gasteiger partial charge in [-0.3, -0.25) is 4.79 Å². The lowest BCUT2D eigenvalue weighted by molar-refractivity contribution is 0.102. The number of sulfone groups is 1. The second-order valence-corrected chi connectivity index (χ2v) is 7.03. The van der Waals surface area contributed by atoms with Crippen molar-refractivity contribution >= 4 is 47.5 Å².